The van der Waals surface area contributed by atoms with Crippen molar-refractivity contribution < 1.29 is 13.2 Å². The van der Waals surface area contributed by atoms with Crippen LogP contribution in [0.25, 0.3) is 0 Å². The van der Waals surface area contributed by atoms with Gasteiger partial charge in [-0.05, 0) is 18.6 Å². The van der Waals surface area contributed by atoms with Crippen molar-refractivity contribution >= 4 is 24.0 Å². The molecule has 0 spiro atoms. The number of hydrogen-bond acceptors (Lipinski definition) is 2. The van der Waals surface area contributed by atoms with Gasteiger partial charge in [0.15, 0.2) is 0 Å². The molecule has 2 rings (SSSR count). The van der Waals surface area contributed by atoms with Crippen molar-refractivity contribution in [2.45, 2.75) is 38.4 Å². The molecule has 7 heteroatoms. The van der Waals surface area contributed by atoms with Gasteiger partial charge in [-0.3, -0.25) is 4.90 Å². The molecule has 0 aliphatic carbocycles. The highest BCUT2D eigenvalue weighted by atomic mass is 35.5. The zero-order chi connectivity index (χ0) is 16.2. The van der Waals surface area contributed by atoms with Crippen molar-refractivity contribution in [1.29, 1.82) is 0 Å². The molecule has 2 nitrogen and oxygen atoms in total. The van der Waals surface area contributed by atoms with Crippen LogP contribution in [-0.4, -0.2) is 31.1 Å². The number of piperazine rings is 1. The van der Waals surface area contributed by atoms with Crippen LogP contribution >= 0.6 is 24.0 Å². The van der Waals surface area contributed by atoms with E-state index in [1.807, 2.05) is 6.92 Å². The van der Waals surface area contributed by atoms with Gasteiger partial charge in [-0.2, -0.15) is 13.2 Å². The predicted octanol–water partition coefficient (Wildman–Crippen LogP) is 4.92. The van der Waals surface area contributed by atoms with Gasteiger partial charge in [0.2, 0.25) is 0 Å². The zero-order valence-electron chi connectivity index (χ0n) is 13.1. The molecule has 0 saturated carbocycles. The Morgan fingerprint density at radius 1 is 1.26 bits per heavy atom. The molecular formula is C16H23Cl2F3N2. The maximum atomic E-state index is 13.4. The SMILES string of the molecule is CCCC[C@H](c1c(Cl)cccc1C(F)(F)F)N1CCNCC1.Cl. The van der Waals surface area contributed by atoms with Crippen LogP contribution in [0.15, 0.2) is 18.2 Å². The lowest BCUT2D eigenvalue weighted by molar-refractivity contribution is -0.138. The third-order valence-corrected chi connectivity index (χ3v) is 4.44. The summed E-state index contributed by atoms with van der Waals surface area (Å²) in [6.07, 6.45) is -1.84. The molecule has 1 saturated heterocycles. The number of hydrogen-bond donors (Lipinski definition) is 1. The van der Waals surface area contributed by atoms with E-state index in [0.29, 0.717) is 6.42 Å². The third kappa shape index (κ3) is 5.24. The fourth-order valence-electron chi connectivity index (χ4n) is 3.02. The van der Waals surface area contributed by atoms with Crippen LogP contribution in [0.3, 0.4) is 0 Å². The van der Waals surface area contributed by atoms with Gasteiger partial charge in [-0.25, -0.2) is 0 Å². The highest BCUT2D eigenvalue weighted by molar-refractivity contribution is 6.31. The maximum Gasteiger partial charge on any atom is 0.416 e. The minimum Gasteiger partial charge on any atom is -0.314 e. The van der Waals surface area contributed by atoms with Crippen molar-refractivity contribution in [2.75, 3.05) is 26.2 Å². The molecule has 132 valence electrons. The fraction of sp³-hybridized carbons (Fsp3) is 0.625. The van der Waals surface area contributed by atoms with Crippen LogP contribution in [0, 0.1) is 0 Å². The van der Waals surface area contributed by atoms with E-state index in [1.165, 1.54) is 6.07 Å². The molecule has 0 bridgehead atoms. The molecule has 23 heavy (non-hydrogen) atoms. The third-order valence-electron chi connectivity index (χ3n) is 4.12. The number of nitrogens with one attached hydrogen (secondary N) is 1. The van der Waals surface area contributed by atoms with Gasteiger partial charge < -0.3 is 5.32 Å². The summed E-state index contributed by atoms with van der Waals surface area (Å²) in [7, 11) is 0. The topological polar surface area (TPSA) is 15.3 Å². The quantitative estimate of drug-likeness (QED) is 0.791. The van der Waals surface area contributed by atoms with E-state index in [2.05, 4.69) is 10.2 Å². The van der Waals surface area contributed by atoms with E-state index in [1.54, 1.807) is 6.07 Å². The molecular weight excluding hydrogens is 348 g/mol. The van der Waals surface area contributed by atoms with Crippen LogP contribution in [0.2, 0.25) is 5.02 Å². The number of rotatable bonds is 5. The average Bonchev–Trinajstić information content (AvgIpc) is 2.49. The van der Waals surface area contributed by atoms with E-state index in [9.17, 15) is 13.2 Å². The van der Waals surface area contributed by atoms with Crippen LogP contribution in [0.5, 0.6) is 0 Å². The Labute approximate surface area is 146 Å². The molecule has 1 fully saturated rings. The van der Waals surface area contributed by atoms with E-state index in [4.69, 9.17) is 11.6 Å². The van der Waals surface area contributed by atoms with Crippen LogP contribution in [0.1, 0.15) is 43.4 Å². The molecule has 1 atom stereocenters. The van der Waals surface area contributed by atoms with Crippen molar-refractivity contribution in [3.8, 4) is 0 Å². The molecule has 0 unspecified atom stereocenters. The van der Waals surface area contributed by atoms with Gasteiger partial charge in [-0.15, -0.1) is 12.4 Å². The monoisotopic (exact) mass is 370 g/mol. The normalized spacial score (nSPS) is 17.6. The maximum absolute atomic E-state index is 13.4. The standard InChI is InChI=1S/C16H22ClF3N2.ClH/c1-2-3-7-14(22-10-8-21-9-11-22)15-12(16(18,19)20)5-4-6-13(15)17;/h4-6,14,21H,2-3,7-11H2,1H3;1H/t14-;/m1./s1. The summed E-state index contributed by atoms with van der Waals surface area (Å²) in [6.45, 7) is 5.14. The lowest BCUT2D eigenvalue weighted by Crippen LogP contribution is -2.45. The van der Waals surface area contributed by atoms with Crippen molar-refractivity contribution in [2.24, 2.45) is 0 Å². The Balaban J connectivity index is 0.00000264. The second-order valence-corrected chi connectivity index (χ2v) is 6.05. The molecule has 1 aromatic rings. The first-order valence-corrected chi connectivity index (χ1v) is 8.13. The fourth-order valence-corrected chi connectivity index (χ4v) is 3.32. The molecule has 1 N–H and O–H groups in total. The second-order valence-electron chi connectivity index (χ2n) is 5.64. The van der Waals surface area contributed by atoms with Crippen molar-refractivity contribution in [3.63, 3.8) is 0 Å². The summed E-state index contributed by atoms with van der Waals surface area (Å²) < 4.78 is 40.2. The van der Waals surface area contributed by atoms with E-state index < -0.39 is 11.7 Å². The second kappa shape index (κ2) is 9.11. The molecule has 0 aromatic heterocycles. The summed E-state index contributed by atoms with van der Waals surface area (Å²) >= 11 is 6.19. The summed E-state index contributed by atoms with van der Waals surface area (Å²) in [5.41, 5.74) is -0.355. The number of alkyl halides is 3. The number of halogens is 5. The van der Waals surface area contributed by atoms with Gasteiger partial charge in [0.1, 0.15) is 0 Å². The van der Waals surface area contributed by atoms with Gasteiger partial charge in [0, 0.05) is 42.8 Å². The lowest BCUT2D eigenvalue weighted by Gasteiger charge is -2.36. The number of benzene rings is 1. The van der Waals surface area contributed by atoms with E-state index >= 15 is 0 Å². The van der Waals surface area contributed by atoms with Gasteiger partial charge in [0.25, 0.3) is 0 Å². The molecule has 1 heterocycles. The van der Waals surface area contributed by atoms with Crippen LogP contribution in [-0.2, 0) is 6.18 Å². The minimum atomic E-state index is -4.38. The Kier molecular flexibility index (Phi) is 8.14. The highest BCUT2D eigenvalue weighted by Crippen LogP contribution is 2.41. The first kappa shape index (κ1) is 20.6. The van der Waals surface area contributed by atoms with E-state index in [0.717, 1.165) is 45.1 Å². The summed E-state index contributed by atoms with van der Waals surface area (Å²) in [5.74, 6) is 0. The summed E-state index contributed by atoms with van der Waals surface area (Å²) in [4.78, 5) is 2.13. The van der Waals surface area contributed by atoms with Gasteiger partial charge >= 0.3 is 6.18 Å². The molecule has 1 aliphatic rings. The van der Waals surface area contributed by atoms with Crippen LogP contribution in [0.4, 0.5) is 13.2 Å². The first-order chi connectivity index (χ1) is 10.4. The predicted molar refractivity (Wildman–Crippen MR) is 90.4 cm³/mol. The molecule has 0 amide bonds. The lowest BCUT2D eigenvalue weighted by atomic mass is 9.94. The first-order valence-electron chi connectivity index (χ1n) is 7.75. The molecule has 1 aliphatic heterocycles. The Morgan fingerprint density at radius 3 is 2.48 bits per heavy atom. The van der Waals surface area contributed by atoms with Crippen molar-refractivity contribution in [1.82, 2.24) is 10.2 Å². The largest absolute Gasteiger partial charge is 0.416 e. The minimum absolute atomic E-state index is 0. The van der Waals surface area contributed by atoms with Gasteiger partial charge in [-0.1, -0.05) is 37.4 Å². The summed E-state index contributed by atoms with van der Waals surface area (Å²) in [5, 5.41) is 3.46. The van der Waals surface area contributed by atoms with Gasteiger partial charge in [0.05, 0.1) is 5.56 Å². The Hall–Kier alpha value is -0.490. The Bertz CT molecular complexity index is 489. The zero-order valence-corrected chi connectivity index (χ0v) is 14.7. The number of unbranched alkanes of at least 4 members (excludes halogenated alkanes) is 1. The van der Waals surface area contributed by atoms with E-state index in [-0.39, 0.29) is 29.0 Å². The summed E-state index contributed by atoms with van der Waals surface area (Å²) in [6, 6.07) is 3.81. The smallest absolute Gasteiger partial charge is 0.314 e. The average molecular weight is 371 g/mol. The van der Waals surface area contributed by atoms with Crippen LogP contribution < -0.4 is 5.32 Å². The molecule has 0 radical (unpaired) electrons. The molecule has 1 aromatic carbocycles. The highest BCUT2D eigenvalue weighted by Gasteiger charge is 2.37. The van der Waals surface area contributed by atoms with Crippen molar-refractivity contribution in [3.05, 3.63) is 34.3 Å². The Morgan fingerprint density at radius 2 is 1.91 bits per heavy atom. The number of nitrogens with zero attached hydrogens (tertiary/aromatic N) is 1.